The molecule has 0 aliphatic heterocycles. The third kappa shape index (κ3) is 6.48. The summed E-state index contributed by atoms with van der Waals surface area (Å²) in [5, 5.41) is 15.4. The largest absolute Gasteiger partial charge is 0.393 e. The van der Waals surface area contributed by atoms with Crippen LogP contribution in [0.15, 0.2) is 24.3 Å². The van der Waals surface area contributed by atoms with Gasteiger partial charge in [-0.05, 0) is 37.7 Å². The van der Waals surface area contributed by atoms with Gasteiger partial charge in [0.15, 0.2) is 0 Å². The van der Waals surface area contributed by atoms with E-state index >= 15 is 0 Å². The summed E-state index contributed by atoms with van der Waals surface area (Å²) in [6.07, 6.45) is 1.13. The number of benzene rings is 1. The van der Waals surface area contributed by atoms with Crippen LogP contribution in [0.4, 0.5) is 4.79 Å². The van der Waals surface area contributed by atoms with Crippen molar-refractivity contribution in [1.29, 1.82) is 0 Å². The van der Waals surface area contributed by atoms with Crippen LogP contribution < -0.4 is 10.6 Å². The number of rotatable bonds is 7. The van der Waals surface area contributed by atoms with Crippen LogP contribution in [0, 0.1) is 12.3 Å². The molecule has 0 aliphatic carbocycles. The van der Waals surface area contributed by atoms with E-state index in [0.717, 1.165) is 12.0 Å². The molecule has 22 heavy (non-hydrogen) atoms. The standard InChI is InChI=1S/C18H30N2O2/c1-6-16(15-9-7-13(2)8-10-15)20-17(22)19-12-18(4,5)11-14(3)21/h7-10,14,16,21H,6,11-12H2,1-5H3,(H2,19,20,22). The van der Waals surface area contributed by atoms with E-state index in [9.17, 15) is 9.90 Å². The predicted molar refractivity (Wildman–Crippen MR) is 90.8 cm³/mol. The Morgan fingerprint density at radius 2 is 1.86 bits per heavy atom. The van der Waals surface area contributed by atoms with Crippen LogP contribution in [0.1, 0.15) is 57.7 Å². The number of hydrogen-bond acceptors (Lipinski definition) is 2. The molecule has 2 atom stereocenters. The minimum Gasteiger partial charge on any atom is -0.393 e. The van der Waals surface area contributed by atoms with Crippen molar-refractivity contribution in [3.8, 4) is 0 Å². The number of hydrogen-bond donors (Lipinski definition) is 3. The van der Waals surface area contributed by atoms with Crippen molar-refractivity contribution in [3.63, 3.8) is 0 Å². The molecule has 0 bridgehead atoms. The molecule has 0 radical (unpaired) electrons. The molecule has 0 aromatic heterocycles. The summed E-state index contributed by atoms with van der Waals surface area (Å²) in [6.45, 7) is 10.5. The summed E-state index contributed by atoms with van der Waals surface area (Å²) in [4.78, 5) is 12.1. The van der Waals surface area contributed by atoms with Crippen molar-refractivity contribution >= 4 is 6.03 Å². The molecule has 1 rings (SSSR count). The Kier molecular flexibility index (Phi) is 6.88. The van der Waals surface area contributed by atoms with Crippen molar-refractivity contribution in [2.24, 2.45) is 5.41 Å². The summed E-state index contributed by atoms with van der Waals surface area (Å²) in [6, 6.07) is 8.08. The molecule has 4 heteroatoms. The van der Waals surface area contributed by atoms with Crippen LogP contribution in [0.5, 0.6) is 0 Å². The van der Waals surface area contributed by atoms with Crippen LogP contribution in [0.3, 0.4) is 0 Å². The zero-order chi connectivity index (χ0) is 16.8. The van der Waals surface area contributed by atoms with E-state index in [1.54, 1.807) is 6.92 Å². The number of nitrogens with one attached hydrogen (secondary N) is 2. The van der Waals surface area contributed by atoms with Gasteiger partial charge in [0.05, 0.1) is 12.1 Å². The second kappa shape index (κ2) is 8.18. The normalized spacial score (nSPS) is 14.3. The van der Waals surface area contributed by atoms with Crippen molar-refractivity contribution in [3.05, 3.63) is 35.4 Å². The lowest BCUT2D eigenvalue weighted by molar-refractivity contribution is 0.128. The van der Waals surface area contributed by atoms with Gasteiger partial charge in [-0.3, -0.25) is 0 Å². The molecule has 0 fully saturated rings. The molecule has 0 spiro atoms. The monoisotopic (exact) mass is 306 g/mol. The fourth-order valence-corrected chi connectivity index (χ4v) is 2.62. The highest BCUT2D eigenvalue weighted by Gasteiger charge is 2.21. The van der Waals surface area contributed by atoms with E-state index in [4.69, 9.17) is 0 Å². The Labute approximate surface area is 134 Å². The summed E-state index contributed by atoms with van der Waals surface area (Å²) >= 11 is 0. The molecule has 0 saturated heterocycles. The van der Waals surface area contributed by atoms with Gasteiger partial charge in [0.1, 0.15) is 0 Å². The molecular weight excluding hydrogens is 276 g/mol. The summed E-state index contributed by atoms with van der Waals surface area (Å²) in [7, 11) is 0. The average Bonchev–Trinajstić information content (AvgIpc) is 2.42. The molecule has 3 N–H and O–H groups in total. The van der Waals surface area contributed by atoms with E-state index < -0.39 is 0 Å². The third-order valence-electron chi connectivity index (χ3n) is 3.77. The maximum atomic E-state index is 12.1. The van der Waals surface area contributed by atoms with Crippen LogP contribution in [0.25, 0.3) is 0 Å². The maximum Gasteiger partial charge on any atom is 0.315 e. The summed E-state index contributed by atoms with van der Waals surface area (Å²) in [5.41, 5.74) is 2.20. The van der Waals surface area contributed by atoms with Crippen LogP contribution in [-0.4, -0.2) is 23.8 Å². The molecule has 2 unspecified atom stereocenters. The van der Waals surface area contributed by atoms with Crippen LogP contribution in [-0.2, 0) is 0 Å². The Balaban J connectivity index is 2.53. The number of aliphatic hydroxyl groups is 1. The number of aryl methyl sites for hydroxylation is 1. The Morgan fingerprint density at radius 1 is 1.27 bits per heavy atom. The molecular formula is C18H30N2O2. The van der Waals surface area contributed by atoms with Gasteiger partial charge in [-0.2, -0.15) is 0 Å². The number of aliphatic hydroxyl groups excluding tert-OH is 1. The van der Waals surface area contributed by atoms with Gasteiger partial charge in [0, 0.05) is 6.54 Å². The maximum absolute atomic E-state index is 12.1. The second-order valence-corrected chi connectivity index (χ2v) is 6.92. The molecule has 4 nitrogen and oxygen atoms in total. The zero-order valence-corrected chi connectivity index (χ0v) is 14.4. The molecule has 0 saturated carbocycles. The van der Waals surface area contributed by atoms with Gasteiger partial charge < -0.3 is 15.7 Å². The lowest BCUT2D eigenvalue weighted by atomic mass is 9.87. The highest BCUT2D eigenvalue weighted by molar-refractivity contribution is 5.74. The fourth-order valence-electron chi connectivity index (χ4n) is 2.62. The first-order valence-corrected chi connectivity index (χ1v) is 8.02. The third-order valence-corrected chi connectivity index (χ3v) is 3.77. The molecule has 0 aliphatic rings. The summed E-state index contributed by atoms with van der Waals surface area (Å²) in [5.74, 6) is 0. The predicted octanol–water partition coefficient (Wildman–Crippen LogP) is 3.54. The van der Waals surface area contributed by atoms with Gasteiger partial charge in [0.25, 0.3) is 0 Å². The number of amides is 2. The SMILES string of the molecule is CCC(NC(=O)NCC(C)(C)CC(C)O)c1ccc(C)cc1. The Bertz CT molecular complexity index is 466. The van der Waals surface area contributed by atoms with Gasteiger partial charge in [-0.15, -0.1) is 0 Å². The van der Waals surface area contributed by atoms with Gasteiger partial charge in [-0.25, -0.2) is 4.79 Å². The van der Waals surface area contributed by atoms with Crippen molar-refractivity contribution in [2.45, 2.75) is 59.6 Å². The van der Waals surface area contributed by atoms with Gasteiger partial charge in [0.2, 0.25) is 0 Å². The number of urea groups is 1. The smallest absolute Gasteiger partial charge is 0.315 e. The number of carbonyl (C=O) groups is 1. The van der Waals surface area contributed by atoms with E-state index in [1.165, 1.54) is 5.56 Å². The van der Waals surface area contributed by atoms with E-state index in [2.05, 4.69) is 48.7 Å². The summed E-state index contributed by atoms with van der Waals surface area (Å²) < 4.78 is 0. The fraction of sp³-hybridized carbons (Fsp3) is 0.611. The zero-order valence-electron chi connectivity index (χ0n) is 14.4. The van der Waals surface area contributed by atoms with Gasteiger partial charge >= 0.3 is 6.03 Å². The minimum absolute atomic E-state index is 0.0143. The lowest BCUT2D eigenvalue weighted by Gasteiger charge is -2.27. The van der Waals surface area contributed by atoms with Crippen LogP contribution >= 0.6 is 0 Å². The number of carbonyl (C=O) groups excluding carboxylic acids is 1. The topological polar surface area (TPSA) is 61.4 Å². The first-order valence-electron chi connectivity index (χ1n) is 8.02. The molecule has 2 amide bonds. The van der Waals surface area contributed by atoms with E-state index in [0.29, 0.717) is 13.0 Å². The lowest BCUT2D eigenvalue weighted by Crippen LogP contribution is -2.42. The Morgan fingerprint density at radius 3 is 2.36 bits per heavy atom. The Hall–Kier alpha value is -1.55. The highest BCUT2D eigenvalue weighted by Crippen LogP contribution is 2.21. The van der Waals surface area contributed by atoms with Crippen LogP contribution in [0.2, 0.25) is 0 Å². The first kappa shape index (κ1) is 18.5. The molecule has 1 aromatic carbocycles. The van der Waals surface area contributed by atoms with E-state index in [-0.39, 0.29) is 23.6 Å². The van der Waals surface area contributed by atoms with Crippen molar-refractivity contribution in [2.75, 3.05) is 6.54 Å². The minimum atomic E-state index is -0.365. The second-order valence-electron chi connectivity index (χ2n) is 6.92. The van der Waals surface area contributed by atoms with Gasteiger partial charge in [-0.1, -0.05) is 50.6 Å². The molecule has 0 heterocycles. The average molecular weight is 306 g/mol. The first-order chi connectivity index (χ1) is 10.2. The van der Waals surface area contributed by atoms with Crippen molar-refractivity contribution in [1.82, 2.24) is 10.6 Å². The molecule has 1 aromatic rings. The van der Waals surface area contributed by atoms with E-state index in [1.807, 2.05) is 13.8 Å². The quantitative estimate of drug-likeness (QED) is 0.721. The highest BCUT2D eigenvalue weighted by atomic mass is 16.3. The van der Waals surface area contributed by atoms with Crippen molar-refractivity contribution < 1.29 is 9.90 Å². The molecule has 124 valence electrons.